The number of aliphatic hydroxyl groups is 1. The number of amides is 2. The minimum absolute atomic E-state index is 0.0703. The van der Waals surface area contributed by atoms with Crippen molar-refractivity contribution in [3.8, 4) is 0 Å². The molecule has 3 unspecified atom stereocenters. The molecule has 2 fully saturated rings. The Morgan fingerprint density at radius 2 is 1.86 bits per heavy atom. The molecule has 1 saturated heterocycles. The third-order valence-electron chi connectivity index (χ3n) is 3.33. The molecule has 0 bridgehead atoms. The molecule has 0 aromatic carbocycles. The van der Waals surface area contributed by atoms with E-state index in [-0.39, 0.29) is 36.3 Å². The zero-order valence-corrected chi connectivity index (χ0v) is 8.27. The molecule has 14 heavy (non-hydrogen) atoms. The lowest BCUT2D eigenvalue weighted by Crippen LogP contribution is -2.41. The van der Waals surface area contributed by atoms with E-state index in [9.17, 15) is 9.59 Å². The Morgan fingerprint density at radius 1 is 1.36 bits per heavy atom. The van der Waals surface area contributed by atoms with Crippen LogP contribution >= 0.6 is 0 Å². The first-order chi connectivity index (χ1) is 6.66. The molecular weight excluding hydrogens is 182 g/mol. The molecule has 0 aromatic rings. The fourth-order valence-corrected chi connectivity index (χ4v) is 2.53. The second kappa shape index (κ2) is 3.35. The van der Waals surface area contributed by atoms with Crippen molar-refractivity contribution in [1.29, 1.82) is 0 Å². The highest BCUT2D eigenvalue weighted by Gasteiger charge is 2.50. The molecule has 78 valence electrons. The number of aliphatic hydroxyl groups excluding tert-OH is 1. The van der Waals surface area contributed by atoms with Crippen LogP contribution in [0, 0.1) is 11.8 Å². The van der Waals surface area contributed by atoms with Crippen LogP contribution in [0.1, 0.15) is 26.2 Å². The Kier molecular flexibility index (Phi) is 2.31. The highest BCUT2D eigenvalue weighted by atomic mass is 16.3. The van der Waals surface area contributed by atoms with E-state index in [4.69, 9.17) is 5.11 Å². The van der Waals surface area contributed by atoms with Gasteiger partial charge in [0.1, 0.15) is 0 Å². The van der Waals surface area contributed by atoms with Crippen molar-refractivity contribution >= 4 is 11.8 Å². The lowest BCUT2D eigenvalue weighted by atomic mass is 10.00. The molecular formula is C10H15NO3. The summed E-state index contributed by atoms with van der Waals surface area (Å²) in [6.45, 7) is 1.56. The van der Waals surface area contributed by atoms with E-state index in [0.717, 1.165) is 19.3 Å². The number of carbonyl (C=O) groups excluding carboxylic acids is 2. The summed E-state index contributed by atoms with van der Waals surface area (Å²) >= 11 is 0. The first-order valence-corrected chi connectivity index (χ1v) is 5.14. The summed E-state index contributed by atoms with van der Waals surface area (Å²) in [6, 6.07) is -0.361. The molecule has 4 nitrogen and oxygen atoms in total. The van der Waals surface area contributed by atoms with Gasteiger partial charge < -0.3 is 5.11 Å². The molecule has 2 rings (SSSR count). The van der Waals surface area contributed by atoms with Gasteiger partial charge >= 0.3 is 0 Å². The Bertz CT molecular complexity index is 255. The van der Waals surface area contributed by atoms with Gasteiger partial charge in [0.05, 0.1) is 24.5 Å². The first kappa shape index (κ1) is 9.65. The third kappa shape index (κ3) is 1.17. The number of nitrogens with zero attached hydrogens (tertiary/aromatic N) is 1. The Balaban J connectivity index is 2.21. The van der Waals surface area contributed by atoms with E-state index in [0.29, 0.717) is 0 Å². The fourth-order valence-electron chi connectivity index (χ4n) is 2.53. The van der Waals surface area contributed by atoms with Crippen LogP contribution in [0.5, 0.6) is 0 Å². The maximum atomic E-state index is 11.8. The molecule has 1 aliphatic heterocycles. The minimum atomic E-state index is -0.361. The lowest BCUT2D eigenvalue weighted by molar-refractivity contribution is -0.143. The van der Waals surface area contributed by atoms with Gasteiger partial charge in [0, 0.05) is 0 Å². The van der Waals surface area contributed by atoms with E-state index >= 15 is 0 Å². The van der Waals surface area contributed by atoms with Gasteiger partial charge in [0.2, 0.25) is 11.8 Å². The predicted octanol–water partition coefficient (Wildman–Crippen LogP) is 0.152. The normalized spacial score (nSPS) is 33.7. The molecule has 1 heterocycles. The minimum Gasteiger partial charge on any atom is -0.394 e. The molecule has 0 aromatic heterocycles. The van der Waals surface area contributed by atoms with Crippen molar-refractivity contribution in [3.05, 3.63) is 0 Å². The summed E-state index contributed by atoms with van der Waals surface area (Å²) in [5.74, 6) is -0.314. The van der Waals surface area contributed by atoms with Gasteiger partial charge in [-0.3, -0.25) is 14.5 Å². The number of fused-ring (bicyclic) bond motifs is 1. The van der Waals surface area contributed by atoms with Gasteiger partial charge in [-0.2, -0.15) is 0 Å². The highest BCUT2D eigenvalue weighted by molar-refractivity contribution is 6.05. The van der Waals surface area contributed by atoms with Crippen molar-refractivity contribution in [3.63, 3.8) is 0 Å². The smallest absolute Gasteiger partial charge is 0.233 e. The van der Waals surface area contributed by atoms with Crippen LogP contribution in [-0.2, 0) is 9.59 Å². The third-order valence-corrected chi connectivity index (χ3v) is 3.33. The largest absolute Gasteiger partial charge is 0.394 e. The van der Waals surface area contributed by atoms with E-state index in [2.05, 4.69) is 0 Å². The summed E-state index contributed by atoms with van der Waals surface area (Å²) in [6.07, 6.45) is 2.65. The second-order valence-corrected chi connectivity index (χ2v) is 4.22. The van der Waals surface area contributed by atoms with Crippen LogP contribution in [0.15, 0.2) is 0 Å². The fraction of sp³-hybridized carbons (Fsp3) is 0.800. The number of carbonyl (C=O) groups is 2. The summed E-state index contributed by atoms with van der Waals surface area (Å²) < 4.78 is 0. The molecule has 0 radical (unpaired) electrons. The molecule has 1 aliphatic carbocycles. The molecule has 2 amide bonds. The van der Waals surface area contributed by atoms with E-state index in [1.807, 2.05) is 0 Å². The van der Waals surface area contributed by atoms with Gasteiger partial charge in [0.15, 0.2) is 0 Å². The van der Waals surface area contributed by atoms with E-state index in [1.54, 1.807) is 6.92 Å². The number of hydrogen-bond acceptors (Lipinski definition) is 3. The summed E-state index contributed by atoms with van der Waals surface area (Å²) in [5.41, 5.74) is 0. The van der Waals surface area contributed by atoms with Gasteiger partial charge in [0.25, 0.3) is 0 Å². The van der Waals surface area contributed by atoms with Crippen molar-refractivity contribution in [1.82, 2.24) is 4.90 Å². The molecule has 3 atom stereocenters. The molecule has 1 saturated carbocycles. The van der Waals surface area contributed by atoms with Gasteiger partial charge in [-0.15, -0.1) is 0 Å². The van der Waals surface area contributed by atoms with E-state index < -0.39 is 0 Å². The Hall–Kier alpha value is -0.900. The second-order valence-electron chi connectivity index (χ2n) is 4.22. The van der Waals surface area contributed by atoms with Crippen molar-refractivity contribution in [2.75, 3.05) is 6.61 Å². The Labute approximate surface area is 82.9 Å². The number of rotatable bonds is 2. The zero-order valence-electron chi connectivity index (χ0n) is 8.27. The van der Waals surface area contributed by atoms with Crippen molar-refractivity contribution in [2.45, 2.75) is 32.2 Å². The highest BCUT2D eigenvalue weighted by Crippen LogP contribution is 2.40. The molecule has 1 N–H and O–H groups in total. The van der Waals surface area contributed by atoms with Gasteiger partial charge in [-0.25, -0.2) is 0 Å². The Morgan fingerprint density at radius 3 is 2.29 bits per heavy atom. The standard InChI is InChI=1S/C10H15NO3/c1-6(5-12)11-9(13)7-3-2-4-8(7)10(11)14/h6-8,12H,2-5H2,1H3. The van der Waals surface area contributed by atoms with Gasteiger partial charge in [-0.1, -0.05) is 6.42 Å². The van der Waals surface area contributed by atoms with Crippen LogP contribution in [0.3, 0.4) is 0 Å². The van der Waals surface area contributed by atoms with Crippen molar-refractivity contribution < 1.29 is 14.7 Å². The monoisotopic (exact) mass is 197 g/mol. The van der Waals surface area contributed by atoms with Crippen LogP contribution in [0.2, 0.25) is 0 Å². The summed E-state index contributed by atoms with van der Waals surface area (Å²) in [4.78, 5) is 24.8. The van der Waals surface area contributed by atoms with E-state index in [1.165, 1.54) is 4.90 Å². The lowest BCUT2D eigenvalue weighted by Gasteiger charge is -2.21. The maximum absolute atomic E-state index is 11.8. The van der Waals surface area contributed by atoms with Crippen LogP contribution < -0.4 is 0 Å². The number of imide groups is 1. The quantitative estimate of drug-likeness (QED) is 0.641. The average Bonchev–Trinajstić information content (AvgIpc) is 2.72. The molecule has 4 heteroatoms. The molecule has 0 spiro atoms. The van der Waals surface area contributed by atoms with Crippen LogP contribution in [0.4, 0.5) is 0 Å². The average molecular weight is 197 g/mol. The summed E-state index contributed by atoms with van der Waals surface area (Å²) in [5, 5.41) is 8.95. The summed E-state index contributed by atoms with van der Waals surface area (Å²) in [7, 11) is 0. The maximum Gasteiger partial charge on any atom is 0.233 e. The molecule has 2 aliphatic rings. The first-order valence-electron chi connectivity index (χ1n) is 5.14. The van der Waals surface area contributed by atoms with Crippen LogP contribution in [-0.4, -0.2) is 34.5 Å². The number of hydrogen-bond donors (Lipinski definition) is 1. The predicted molar refractivity (Wildman–Crippen MR) is 49.2 cm³/mol. The zero-order chi connectivity index (χ0) is 10.3. The van der Waals surface area contributed by atoms with Crippen LogP contribution in [0.25, 0.3) is 0 Å². The van der Waals surface area contributed by atoms with Gasteiger partial charge in [-0.05, 0) is 19.8 Å². The topological polar surface area (TPSA) is 57.6 Å². The number of likely N-dealkylation sites (tertiary alicyclic amines) is 1. The SMILES string of the molecule is CC(CO)N1C(=O)C2CCCC2C1=O. The van der Waals surface area contributed by atoms with Crippen molar-refractivity contribution in [2.24, 2.45) is 11.8 Å².